The summed E-state index contributed by atoms with van der Waals surface area (Å²) in [7, 11) is 1.12. The quantitative estimate of drug-likeness (QED) is 0.208. The van der Waals surface area contributed by atoms with Crippen molar-refractivity contribution < 1.29 is 24.6 Å². The Labute approximate surface area is 262 Å². The highest BCUT2D eigenvalue weighted by Gasteiger charge is 2.54. The van der Waals surface area contributed by atoms with E-state index in [9.17, 15) is 39.3 Å². The molecule has 0 amide bonds. The first-order valence-corrected chi connectivity index (χ1v) is 14.6. The van der Waals surface area contributed by atoms with Gasteiger partial charge in [-0.1, -0.05) is 23.4 Å². The van der Waals surface area contributed by atoms with Crippen LogP contribution in [0.3, 0.4) is 0 Å². The van der Waals surface area contributed by atoms with Crippen molar-refractivity contribution in [1.82, 2.24) is 10.1 Å². The molecule has 1 aromatic carbocycles. The van der Waals surface area contributed by atoms with Crippen LogP contribution in [0.4, 0.5) is 0 Å². The van der Waals surface area contributed by atoms with E-state index in [1.54, 1.807) is 38.1 Å². The monoisotopic (exact) mass is 634 g/mol. The second-order valence-electron chi connectivity index (χ2n) is 11.7. The number of hydrogen-bond acceptors (Lipinski definition) is 11. The van der Waals surface area contributed by atoms with Crippen LogP contribution in [0.5, 0.6) is 11.5 Å². The topological polar surface area (TPSA) is 197 Å². The third-order valence-corrected chi connectivity index (χ3v) is 9.42. The van der Waals surface area contributed by atoms with E-state index >= 15 is 0 Å². The number of aromatic nitrogens is 2. The lowest BCUT2D eigenvalue weighted by Crippen LogP contribution is -2.51. The first-order valence-electron chi connectivity index (χ1n) is 14.6. The standard InChI is InChI=1S/C35H26N2O10/c1-5-6-7-8-15-11-17-20(27-13(2)14(3)47-37-27)16-9-10-35(26(16)31(42)21(17)34(45)36-15)32(43)24-25(33(35)44)30(41)23-22(29(24)40)18(38)12-19(46-4)28(23)39/h5-8,11-12,42-44H,9-10H2,1-4H3,(H,36,45)/b6-5+,8-7+. The second kappa shape index (κ2) is 9.98. The number of methoxy groups -OCH3 is 1. The van der Waals surface area contributed by atoms with Crippen molar-refractivity contribution in [2.24, 2.45) is 0 Å². The minimum absolute atomic E-state index is 0.0769. The zero-order chi connectivity index (χ0) is 33.7. The molecular formula is C35H26N2O10. The molecule has 12 nitrogen and oxygen atoms in total. The van der Waals surface area contributed by atoms with Gasteiger partial charge in [-0.25, -0.2) is 0 Å². The Hall–Kier alpha value is -6.04. The van der Waals surface area contributed by atoms with E-state index in [1.165, 1.54) is 0 Å². The van der Waals surface area contributed by atoms with Crippen LogP contribution in [0.2, 0.25) is 0 Å². The minimum atomic E-state index is -2.07. The summed E-state index contributed by atoms with van der Waals surface area (Å²) >= 11 is 0. The van der Waals surface area contributed by atoms with Gasteiger partial charge in [0, 0.05) is 33.8 Å². The maximum absolute atomic E-state index is 13.9. The van der Waals surface area contributed by atoms with E-state index < -0.39 is 76.6 Å². The number of pyridine rings is 1. The summed E-state index contributed by atoms with van der Waals surface area (Å²) in [5.41, 5.74) is -4.98. The fourth-order valence-corrected chi connectivity index (χ4v) is 7.15. The number of aromatic amines is 1. The van der Waals surface area contributed by atoms with Gasteiger partial charge in [0.15, 0.2) is 11.2 Å². The average Bonchev–Trinajstić information content (AvgIpc) is 3.66. The smallest absolute Gasteiger partial charge is 0.260 e. The molecule has 236 valence electrons. The minimum Gasteiger partial charge on any atom is -0.510 e. The molecule has 12 heteroatoms. The zero-order valence-electron chi connectivity index (χ0n) is 25.5. The highest BCUT2D eigenvalue weighted by molar-refractivity contribution is 6.05. The number of fused-ring (bicyclic) bond motifs is 4. The molecule has 4 aliphatic carbocycles. The number of ether oxygens (including phenoxy) is 1. The van der Waals surface area contributed by atoms with Gasteiger partial charge in [-0.3, -0.25) is 24.0 Å². The van der Waals surface area contributed by atoms with Crippen molar-refractivity contribution in [1.29, 1.82) is 0 Å². The molecule has 1 spiro atoms. The predicted molar refractivity (Wildman–Crippen MR) is 172 cm³/mol. The van der Waals surface area contributed by atoms with Crippen LogP contribution in [-0.4, -0.2) is 32.6 Å². The number of H-pyrrole nitrogens is 1. The maximum Gasteiger partial charge on any atom is 0.260 e. The largest absolute Gasteiger partial charge is 0.510 e. The molecule has 2 aromatic heterocycles. The van der Waals surface area contributed by atoms with E-state index in [2.05, 4.69) is 10.1 Å². The fraction of sp³-hybridized carbons (Fsp3) is 0.200. The van der Waals surface area contributed by atoms with Crippen LogP contribution in [-0.2, 0) is 11.8 Å². The average molecular weight is 635 g/mol. The Morgan fingerprint density at radius 1 is 0.936 bits per heavy atom. The molecule has 0 radical (unpaired) electrons. The van der Waals surface area contributed by atoms with Crippen molar-refractivity contribution in [2.75, 3.05) is 7.11 Å². The van der Waals surface area contributed by atoms with Gasteiger partial charge >= 0.3 is 0 Å². The highest BCUT2D eigenvalue weighted by Crippen LogP contribution is 2.57. The van der Waals surface area contributed by atoms with E-state index in [0.29, 0.717) is 39.2 Å². The summed E-state index contributed by atoms with van der Waals surface area (Å²) in [4.78, 5) is 70.1. The summed E-state index contributed by atoms with van der Waals surface area (Å²) in [5, 5.41) is 37.2. The number of nitrogens with zero attached hydrogens (tertiary/aromatic N) is 1. The van der Waals surface area contributed by atoms with Crippen LogP contribution in [0.15, 0.2) is 58.9 Å². The Kier molecular flexibility index (Phi) is 6.30. The number of aromatic hydroxyl groups is 1. The number of allylic oxidation sites excluding steroid dienone is 3. The van der Waals surface area contributed by atoms with Crippen molar-refractivity contribution >= 4 is 28.4 Å². The van der Waals surface area contributed by atoms with Gasteiger partial charge in [0.05, 0.1) is 33.4 Å². The van der Waals surface area contributed by atoms with Crippen LogP contribution in [0.1, 0.15) is 41.5 Å². The Morgan fingerprint density at radius 2 is 1.62 bits per heavy atom. The summed E-state index contributed by atoms with van der Waals surface area (Å²) in [6.07, 6.45) is 6.90. The molecule has 47 heavy (non-hydrogen) atoms. The lowest BCUT2D eigenvalue weighted by Gasteiger charge is -2.27. The van der Waals surface area contributed by atoms with Gasteiger partial charge in [-0.05, 0) is 51.3 Å². The fourth-order valence-electron chi connectivity index (χ4n) is 7.15. The molecule has 4 aliphatic rings. The third kappa shape index (κ3) is 3.63. The lowest BCUT2D eigenvalue weighted by atomic mass is 9.77. The first kappa shape index (κ1) is 29.7. The molecule has 1 atom stereocenters. The van der Waals surface area contributed by atoms with Crippen LogP contribution >= 0.6 is 0 Å². The van der Waals surface area contributed by atoms with Crippen molar-refractivity contribution in [3.63, 3.8) is 0 Å². The maximum atomic E-state index is 13.9. The SMILES string of the molecule is C/C=C/C=C/c1cc2c(-c3noc(C)c3C)c3c(c(O)c2c(=O)[nH]1)C1(CC3)C(O)=c2c(=O)c3c(=O)cc(OC)c(=O)c=3c(=O)c2=C1O. The predicted octanol–water partition coefficient (Wildman–Crippen LogP) is 1.37. The van der Waals surface area contributed by atoms with E-state index in [-0.39, 0.29) is 23.8 Å². The van der Waals surface area contributed by atoms with Gasteiger partial charge in [0.2, 0.25) is 16.3 Å². The molecular weight excluding hydrogens is 608 g/mol. The zero-order valence-corrected chi connectivity index (χ0v) is 25.5. The molecule has 7 rings (SSSR count). The normalized spacial score (nSPS) is 17.3. The van der Waals surface area contributed by atoms with Gasteiger partial charge in [-0.2, -0.15) is 0 Å². The van der Waals surface area contributed by atoms with E-state index in [1.807, 2.05) is 13.0 Å². The van der Waals surface area contributed by atoms with Crippen LogP contribution < -0.4 is 42.4 Å². The second-order valence-corrected chi connectivity index (χ2v) is 11.7. The number of aryl methyl sites for hydroxylation is 1. The summed E-state index contributed by atoms with van der Waals surface area (Å²) in [5.74, 6) is -2.14. The number of aliphatic hydroxyl groups is 2. The molecule has 3 aromatic rings. The van der Waals surface area contributed by atoms with Crippen molar-refractivity contribution in [3.05, 3.63) is 131 Å². The number of aliphatic hydroxyl groups excluding tert-OH is 2. The number of phenolic OH excluding ortho intramolecular Hbond substituents is 1. The van der Waals surface area contributed by atoms with E-state index in [4.69, 9.17) is 9.26 Å². The van der Waals surface area contributed by atoms with E-state index in [0.717, 1.165) is 13.2 Å². The number of phenols is 1. The molecule has 0 saturated carbocycles. The number of rotatable bonds is 4. The molecule has 4 N–H and O–H groups in total. The van der Waals surface area contributed by atoms with Gasteiger partial charge in [0.1, 0.15) is 34.1 Å². The molecule has 1 unspecified atom stereocenters. The Bertz CT molecular complexity index is 2800. The number of nitrogens with one attached hydrogen (secondary N) is 1. The van der Waals surface area contributed by atoms with Crippen molar-refractivity contribution in [2.45, 2.75) is 39.0 Å². The third-order valence-electron chi connectivity index (χ3n) is 9.42. The number of hydrogen-bond donors (Lipinski definition) is 4. The summed E-state index contributed by atoms with van der Waals surface area (Å²) in [6.45, 7) is 5.31. The Morgan fingerprint density at radius 3 is 2.23 bits per heavy atom. The summed E-state index contributed by atoms with van der Waals surface area (Å²) < 4.78 is 10.4. The molecule has 0 saturated heterocycles. The Balaban J connectivity index is 1.69. The summed E-state index contributed by atoms with van der Waals surface area (Å²) in [6, 6.07) is 2.45. The van der Waals surface area contributed by atoms with Crippen LogP contribution in [0, 0.1) is 24.3 Å². The lowest BCUT2D eigenvalue weighted by molar-refractivity contribution is 0.362. The van der Waals surface area contributed by atoms with Crippen molar-refractivity contribution in [3.8, 4) is 22.8 Å². The van der Waals surface area contributed by atoms with Gasteiger partial charge < -0.3 is 29.6 Å². The molecule has 0 fully saturated rings. The van der Waals surface area contributed by atoms with Gasteiger partial charge in [-0.15, -0.1) is 0 Å². The van der Waals surface area contributed by atoms with Gasteiger partial charge in [0.25, 0.3) is 5.56 Å². The van der Waals surface area contributed by atoms with Crippen LogP contribution in [0.25, 0.3) is 39.6 Å². The number of benzene rings is 1. The first-order chi connectivity index (χ1) is 22.4. The molecule has 2 heterocycles. The molecule has 0 aliphatic heterocycles. The highest BCUT2D eigenvalue weighted by atomic mass is 16.5. The molecule has 0 bridgehead atoms.